The van der Waals surface area contributed by atoms with E-state index in [-0.39, 0.29) is 5.60 Å². The Bertz CT molecular complexity index is 402. The first-order valence-corrected chi connectivity index (χ1v) is 14.7. The van der Waals surface area contributed by atoms with Crippen LogP contribution in [0.15, 0.2) is 0 Å². The van der Waals surface area contributed by atoms with Crippen LogP contribution in [0.4, 0.5) is 0 Å². The van der Waals surface area contributed by atoms with Crippen LogP contribution >= 0.6 is 0 Å². The lowest BCUT2D eigenvalue weighted by molar-refractivity contribution is 0.0397. The van der Waals surface area contributed by atoms with Gasteiger partial charge < -0.3 is 4.74 Å². The zero-order valence-corrected chi connectivity index (χ0v) is 30.7. The molecular formula is C35H80O. The summed E-state index contributed by atoms with van der Waals surface area (Å²) in [7, 11) is 1.71. The van der Waals surface area contributed by atoms with Gasteiger partial charge in [-0.2, -0.15) is 0 Å². The van der Waals surface area contributed by atoms with E-state index < -0.39 is 0 Å². The predicted octanol–water partition coefficient (Wildman–Crippen LogP) is 13.1. The maximum atomic E-state index is 4.94. The van der Waals surface area contributed by atoms with E-state index in [9.17, 15) is 0 Å². The highest BCUT2D eigenvalue weighted by atomic mass is 16.5. The molecule has 226 valence electrons. The molecule has 0 N–H and O–H groups in total. The number of methoxy groups -OCH3 is 1. The van der Waals surface area contributed by atoms with E-state index in [1.54, 1.807) is 7.11 Å². The molecule has 1 rings (SSSR count). The molecule has 0 bridgehead atoms. The molecule has 36 heavy (non-hydrogen) atoms. The van der Waals surface area contributed by atoms with Gasteiger partial charge >= 0.3 is 0 Å². The molecule has 0 aromatic carbocycles. The molecule has 0 aliphatic heterocycles. The first kappa shape index (κ1) is 45.9. The average molecular weight is 517 g/mol. The normalized spacial score (nSPS) is 14.2. The second-order valence-corrected chi connectivity index (χ2v) is 18.4. The van der Waals surface area contributed by atoms with Crippen molar-refractivity contribution in [2.45, 2.75) is 184 Å². The Kier molecular flexibility index (Phi) is 24.3. The quantitative estimate of drug-likeness (QED) is 0.311. The number of hydrogen-bond donors (Lipinski definition) is 0. The van der Waals surface area contributed by atoms with Crippen molar-refractivity contribution >= 4 is 0 Å². The molecule has 0 aromatic heterocycles. The van der Waals surface area contributed by atoms with Gasteiger partial charge in [-0.1, -0.05) is 145 Å². The summed E-state index contributed by atoms with van der Waals surface area (Å²) in [6.45, 7) is 50.8. The first-order valence-electron chi connectivity index (χ1n) is 14.7. The number of rotatable bonds is 0. The molecular weight excluding hydrogens is 436 g/mol. The highest BCUT2D eigenvalue weighted by molar-refractivity contribution is 4.84. The van der Waals surface area contributed by atoms with Crippen molar-refractivity contribution in [2.75, 3.05) is 7.11 Å². The van der Waals surface area contributed by atoms with Gasteiger partial charge in [0.1, 0.15) is 0 Å². The molecule has 1 fully saturated rings. The van der Waals surface area contributed by atoms with Gasteiger partial charge in [0.15, 0.2) is 0 Å². The SMILES string of the molecule is CC(C)(C)C.CC(C)(C)C.CC(C)(C)C1CC1.CC(C)C(C)(C)C.CCC(C)(C)C.COC(C)(C)C. The Hall–Kier alpha value is -0.0400. The fraction of sp³-hybridized carbons (Fsp3) is 1.00. The van der Waals surface area contributed by atoms with Crippen molar-refractivity contribution in [2.24, 2.45) is 38.9 Å². The third-order valence-electron chi connectivity index (χ3n) is 5.21. The highest BCUT2D eigenvalue weighted by Gasteiger charge is 2.33. The topological polar surface area (TPSA) is 9.23 Å². The van der Waals surface area contributed by atoms with E-state index >= 15 is 0 Å². The predicted molar refractivity (Wildman–Crippen MR) is 173 cm³/mol. The number of hydrogen-bond acceptors (Lipinski definition) is 1. The summed E-state index contributed by atoms with van der Waals surface area (Å²) in [6, 6.07) is 0. The van der Waals surface area contributed by atoms with E-state index in [1.807, 2.05) is 20.8 Å². The lowest BCUT2D eigenvalue weighted by atomic mass is 9.84. The van der Waals surface area contributed by atoms with Crippen LogP contribution in [0.3, 0.4) is 0 Å². The summed E-state index contributed by atoms with van der Waals surface area (Å²) >= 11 is 0. The smallest absolute Gasteiger partial charge is 0.0594 e. The third kappa shape index (κ3) is 84.0. The summed E-state index contributed by atoms with van der Waals surface area (Å²) in [5.74, 6) is 1.85. The van der Waals surface area contributed by atoms with Crippen molar-refractivity contribution < 1.29 is 4.74 Å². The van der Waals surface area contributed by atoms with Crippen LogP contribution in [0.25, 0.3) is 0 Å². The van der Waals surface area contributed by atoms with Crippen molar-refractivity contribution in [3.8, 4) is 0 Å². The van der Waals surface area contributed by atoms with Gasteiger partial charge in [-0.05, 0) is 72.5 Å². The standard InChI is InChI=1S/C7H14.C7H16.C6H14.C5H12O.2C5H12/c1-7(2,3)6-4-5-6;1-6(2)7(3,4)5;1-5-6(2,3)4;1-5(2,3)6-4;2*1-5(2,3)4/h6H,4-5H2,1-3H3;6H,1-5H3;5H2,1-4H3;1-4H3;2*1-4H3. The maximum absolute atomic E-state index is 4.94. The molecule has 0 unspecified atom stereocenters. The van der Waals surface area contributed by atoms with Gasteiger partial charge in [-0.3, -0.25) is 0 Å². The molecule has 0 heterocycles. The van der Waals surface area contributed by atoms with Crippen molar-refractivity contribution in [3.63, 3.8) is 0 Å². The van der Waals surface area contributed by atoms with Crippen LogP contribution in [-0.2, 0) is 4.74 Å². The molecule has 1 aliphatic rings. The molecule has 1 heteroatoms. The van der Waals surface area contributed by atoms with Gasteiger partial charge in [-0.25, -0.2) is 0 Å². The molecule has 0 aromatic rings. The molecule has 0 saturated heterocycles. The Balaban J connectivity index is -0.000000107. The van der Waals surface area contributed by atoms with E-state index in [0.29, 0.717) is 27.1 Å². The molecule has 0 radical (unpaired) electrons. The van der Waals surface area contributed by atoms with E-state index in [2.05, 4.69) is 138 Å². The van der Waals surface area contributed by atoms with Crippen LogP contribution in [0, 0.1) is 38.9 Å². The minimum absolute atomic E-state index is 0.0417. The van der Waals surface area contributed by atoms with E-state index in [0.717, 1.165) is 11.8 Å². The Morgan fingerprint density at radius 1 is 0.583 bits per heavy atom. The monoisotopic (exact) mass is 517 g/mol. The van der Waals surface area contributed by atoms with Gasteiger partial charge in [0.25, 0.3) is 0 Å². The van der Waals surface area contributed by atoms with Gasteiger partial charge in [0.2, 0.25) is 0 Å². The Morgan fingerprint density at radius 3 is 0.750 bits per heavy atom. The second kappa shape index (κ2) is 19.1. The average Bonchev–Trinajstić information content (AvgIpc) is 3.35. The summed E-state index contributed by atoms with van der Waals surface area (Å²) in [4.78, 5) is 0. The van der Waals surface area contributed by atoms with E-state index in [1.165, 1.54) is 19.3 Å². The largest absolute Gasteiger partial charge is 0.379 e. The third-order valence-corrected chi connectivity index (χ3v) is 5.21. The second-order valence-electron chi connectivity index (χ2n) is 18.4. The van der Waals surface area contributed by atoms with Crippen molar-refractivity contribution in [1.82, 2.24) is 0 Å². The maximum Gasteiger partial charge on any atom is 0.0594 e. The van der Waals surface area contributed by atoms with Crippen LogP contribution in [0.1, 0.15) is 179 Å². The van der Waals surface area contributed by atoms with Gasteiger partial charge in [-0.15, -0.1) is 0 Å². The minimum atomic E-state index is 0.0417. The molecule has 1 aliphatic carbocycles. The molecule has 0 spiro atoms. The Labute approximate surface area is 234 Å². The molecule has 0 amide bonds. The summed E-state index contributed by atoms with van der Waals surface area (Å²) in [5, 5.41) is 0. The van der Waals surface area contributed by atoms with Crippen LogP contribution in [0.5, 0.6) is 0 Å². The molecule has 0 atom stereocenters. The van der Waals surface area contributed by atoms with Crippen molar-refractivity contribution in [3.05, 3.63) is 0 Å². The van der Waals surface area contributed by atoms with Crippen molar-refractivity contribution in [1.29, 1.82) is 0 Å². The zero-order valence-electron chi connectivity index (χ0n) is 30.7. The summed E-state index contributed by atoms with van der Waals surface area (Å²) in [6.07, 6.45) is 4.22. The van der Waals surface area contributed by atoms with Gasteiger partial charge in [0.05, 0.1) is 5.60 Å². The lowest BCUT2D eigenvalue weighted by Crippen LogP contribution is -2.15. The highest BCUT2D eigenvalue weighted by Crippen LogP contribution is 2.44. The fourth-order valence-corrected chi connectivity index (χ4v) is 0.949. The zero-order chi connectivity index (χ0) is 31.0. The van der Waals surface area contributed by atoms with Crippen LogP contribution in [-0.4, -0.2) is 12.7 Å². The van der Waals surface area contributed by atoms with E-state index in [4.69, 9.17) is 4.74 Å². The van der Waals surface area contributed by atoms with Crippen LogP contribution in [0.2, 0.25) is 0 Å². The summed E-state index contributed by atoms with van der Waals surface area (Å²) in [5.41, 5.74) is 2.69. The van der Waals surface area contributed by atoms with Crippen LogP contribution < -0.4 is 0 Å². The fourth-order valence-electron chi connectivity index (χ4n) is 0.949. The first-order chi connectivity index (χ1) is 15.2. The number of ether oxygens (including phenoxy) is 1. The molecule has 1 saturated carbocycles. The summed E-state index contributed by atoms with van der Waals surface area (Å²) < 4.78 is 4.94. The van der Waals surface area contributed by atoms with Gasteiger partial charge in [0, 0.05) is 7.11 Å². The lowest BCUT2D eigenvalue weighted by Gasteiger charge is -2.22. The minimum Gasteiger partial charge on any atom is -0.379 e. The Morgan fingerprint density at radius 2 is 0.750 bits per heavy atom. The molecule has 1 nitrogen and oxygen atoms in total.